The zero-order chi connectivity index (χ0) is 9.30. The highest BCUT2D eigenvalue weighted by Crippen LogP contribution is 2.23. The molecule has 0 aliphatic carbocycles. The molecule has 1 saturated heterocycles. The first-order valence-electron chi connectivity index (χ1n) is 3.76. The van der Waals surface area contributed by atoms with Gasteiger partial charge in [-0.1, -0.05) is 6.92 Å². The molecule has 1 amide bonds. The van der Waals surface area contributed by atoms with E-state index in [0.717, 1.165) is 4.90 Å². The Balaban J connectivity index is 2.77. The average Bonchev–Trinajstić information content (AvgIpc) is 2.30. The number of carboxylic acid groups (broad SMARTS) is 2. The molecule has 0 spiro atoms. The van der Waals surface area contributed by atoms with Crippen molar-refractivity contribution >= 4 is 12.1 Å². The molecule has 1 fully saturated rings. The van der Waals surface area contributed by atoms with Crippen LogP contribution in [0.4, 0.5) is 4.79 Å². The summed E-state index contributed by atoms with van der Waals surface area (Å²) < 4.78 is 0. The molecular weight excluding hydrogens is 162 g/mol. The standard InChI is InChI=1S/C7H11NO4/c1-4-2-3-8(7(11)12)5(4)6(9)10/h4-5H,2-3H2,1H3,(H,9,10)(H,11,12)/t4-,5+/m1/s1. The van der Waals surface area contributed by atoms with Gasteiger partial charge >= 0.3 is 12.1 Å². The summed E-state index contributed by atoms with van der Waals surface area (Å²) in [6.07, 6.45) is -0.518. The van der Waals surface area contributed by atoms with Crippen LogP contribution >= 0.6 is 0 Å². The van der Waals surface area contributed by atoms with Crippen molar-refractivity contribution in [2.24, 2.45) is 5.92 Å². The van der Waals surface area contributed by atoms with Crippen molar-refractivity contribution in [1.82, 2.24) is 4.90 Å². The van der Waals surface area contributed by atoms with Gasteiger partial charge in [0.15, 0.2) is 0 Å². The van der Waals surface area contributed by atoms with Gasteiger partial charge in [0, 0.05) is 6.54 Å². The van der Waals surface area contributed by atoms with Gasteiger partial charge in [-0.25, -0.2) is 9.59 Å². The predicted molar refractivity (Wildman–Crippen MR) is 39.9 cm³/mol. The summed E-state index contributed by atoms with van der Waals surface area (Å²) >= 11 is 0. The van der Waals surface area contributed by atoms with Gasteiger partial charge in [0.05, 0.1) is 0 Å². The van der Waals surface area contributed by atoms with E-state index in [2.05, 4.69) is 0 Å². The van der Waals surface area contributed by atoms with Crippen molar-refractivity contribution in [3.8, 4) is 0 Å². The molecule has 1 heterocycles. The maximum absolute atomic E-state index is 10.6. The molecule has 0 saturated carbocycles. The number of likely N-dealkylation sites (tertiary alicyclic amines) is 1. The Morgan fingerprint density at radius 3 is 2.33 bits per heavy atom. The third-order valence-corrected chi connectivity index (χ3v) is 2.20. The van der Waals surface area contributed by atoms with Crippen LogP contribution in [0.1, 0.15) is 13.3 Å². The van der Waals surface area contributed by atoms with E-state index in [4.69, 9.17) is 10.2 Å². The molecule has 0 radical (unpaired) electrons. The topological polar surface area (TPSA) is 77.8 Å². The van der Waals surface area contributed by atoms with Crippen LogP contribution in [-0.4, -0.2) is 39.8 Å². The molecule has 0 bridgehead atoms. The van der Waals surface area contributed by atoms with Crippen LogP contribution in [0, 0.1) is 5.92 Å². The number of nitrogens with zero attached hydrogens (tertiary/aromatic N) is 1. The highest BCUT2D eigenvalue weighted by Gasteiger charge is 2.39. The summed E-state index contributed by atoms with van der Waals surface area (Å²) in [7, 11) is 0. The van der Waals surface area contributed by atoms with Crippen molar-refractivity contribution in [3.05, 3.63) is 0 Å². The molecule has 1 rings (SSSR count). The molecule has 2 atom stereocenters. The molecule has 0 unspecified atom stereocenters. The van der Waals surface area contributed by atoms with Crippen LogP contribution in [-0.2, 0) is 4.79 Å². The summed E-state index contributed by atoms with van der Waals surface area (Å²) in [5, 5.41) is 17.3. The number of aliphatic carboxylic acids is 1. The van der Waals surface area contributed by atoms with Gasteiger partial charge in [0.1, 0.15) is 6.04 Å². The zero-order valence-electron chi connectivity index (χ0n) is 6.73. The normalized spacial score (nSPS) is 28.9. The van der Waals surface area contributed by atoms with Crippen molar-refractivity contribution in [2.45, 2.75) is 19.4 Å². The lowest BCUT2D eigenvalue weighted by atomic mass is 10.0. The van der Waals surface area contributed by atoms with Crippen LogP contribution in [0.25, 0.3) is 0 Å². The Hall–Kier alpha value is -1.26. The van der Waals surface area contributed by atoms with Crippen LogP contribution in [0.5, 0.6) is 0 Å². The highest BCUT2D eigenvalue weighted by atomic mass is 16.4. The first-order chi connectivity index (χ1) is 5.54. The third kappa shape index (κ3) is 1.34. The first-order valence-corrected chi connectivity index (χ1v) is 3.76. The Kier molecular flexibility index (Phi) is 2.21. The zero-order valence-corrected chi connectivity index (χ0v) is 6.73. The minimum Gasteiger partial charge on any atom is -0.480 e. The third-order valence-electron chi connectivity index (χ3n) is 2.20. The van der Waals surface area contributed by atoms with E-state index in [-0.39, 0.29) is 5.92 Å². The minimum atomic E-state index is -1.15. The maximum Gasteiger partial charge on any atom is 0.408 e. The van der Waals surface area contributed by atoms with E-state index in [0.29, 0.717) is 13.0 Å². The SMILES string of the molecule is C[C@@H]1CCN(C(=O)O)[C@@H]1C(=O)O. The fraction of sp³-hybridized carbons (Fsp3) is 0.714. The number of hydrogen-bond donors (Lipinski definition) is 2. The molecule has 5 heteroatoms. The quantitative estimate of drug-likeness (QED) is 0.603. The molecule has 1 aliphatic heterocycles. The highest BCUT2D eigenvalue weighted by molar-refractivity contribution is 5.80. The molecule has 1 aliphatic rings. The molecule has 0 aromatic rings. The fourth-order valence-corrected chi connectivity index (χ4v) is 1.54. The van der Waals surface area contributed by atoms with Crippen LogP contribution in [0.15, 0.2) is 0 Å². The van der Waals surface area contributed by atoms with Crippen LogP contribution < -0.4 is 0 Å². The van der Waals surface area contributed by atoms with Gasteiger partial charge in [-0.2, -0.15) is 0 Å². The molecule has 0 aromatic carbocycles. The Morgan fingerprint density at radius 2 is 2.00 bits per heavy atom. The van der Waals surface area contributed by atoms with Crippen molar-refractivity contribution < 1.29 is 19.8 Å². The van der Waals surface area contributed by atoms with E-state index in [1.165, 1.54) is 0 Å². The van der Waals surface area contributed by atoms with Gasteiger partial charge in [0.25, 0.3) is 0 Å². The summed E-state index contributed by atoms with van der Waals surface area (Å²) in [4.78, 5) is 22.1. The number of hydrogen-bond acceptors (Lipinski definition) is 2. The lowest BCUT2D eigenvalue weighted by Gasteiger charge is -2.19. The van der Waals surface area contributed by atoms with Crippen LogP contribution in [0.3, 0.4) is 0 Å². The summed E-state index contributed by atoms with van der Waals surface area (Å²) in [5.41, 5.74) is 0. The van der Waals surface area contributed by atoms with E-state index < -0.39 is 18.1 Å². The van der Waals surface area contributed by atoms with Gasteiger partial charge in [0.2, 0.25) is 0 Å². The molecule has 68 valence electrons. The second kappa shape index (κ2) is 3.00. The largest absolute Gasteiger partial charge is 0.480 e. The first kappa shape index (κ1) is 8.83. The van der Waals surface area contributed by atoms with Gasteiger partial charge in [-0.15, -0.1) is 0 Å². The monoisotopic (exact) mass is 173 g/mol. The second-order valence-electron chi connectivity index (χ2n) is 3.03. The summed E-state index contributed by atoms with van der Waals surface area (Å²) in [6.45, 7) is 2.08. The number of rotatable bonds is 1. The Bertz CT molecular complexity index is 215. The number of carbonyl (C=O) groups is 2. The van der Waals surface area contributed by atoms with Crippen molar-refractivity contribution in [3.63, 3.8) is 0 Å². The van der Waals surface area contributed by atoms with Gasteiger partial charge in [-0.3, -0.25) is 4.90 Å². The van der Waals surface area contributed by atoms with Crippen LogP contribution in [0.2, 0.25) is 0 Å². The summed E-state index contributed by atoms with van der Waals surface area (Å²) in [6, 6.07) is -0.859. The fourth-order valence-electron chi connectivity index (χ4n) is 1.54. The average molecular weight is 173 g/mol. The molecular formula is C7H11NO4. The van der Waals surface area contributed by atoms with Crippen molar-refractivity contribution in [1.29, 1.82) is 0 Å². The Morgan fingerprint density at radius 1 is 1.42 bits per heavy atom. The van der Waals surface area contributed by atoms with E-state index >= 15 is 0 Å². The Labute approximate surface area is 69.6 Å². The lowest BCUT2D eigenvalue weighted by molar-refractivity contribution is -0.142. The molecule has 0 aromatic heterocycles. The molecule has 12 heavy (non-hydrogen) atoms. The van der Waals surface area contributed by atoms with E-state index in [1.807, 2.05) is 0 Å². The second-order valence-corrected chi connectivity index (χ2v) is 3.03. The number of carboxylic acids is 1. The molecule has 2 N–H and O–H groups in total. The van der Waals surface area contributed by atoms with E-state index in [1.54, 1.807) is 6.92 Å². The summed E-state index contributed by atoms with van der Waals surface area (Å²) in [5.74, 6) is -1.14. The number of amides is 1. The van der Waals surface area contributed by atoms with Crippen molar-refractivity contribution in [2.75, 3.05) is 6.54 Å². The van der Waals surface area contributed by atoms with Gasteiger partial charge < -0.3 is 10.2 Å². The smallest absolute Gasteiger partial charge is 0.408 e. The lowest BCUT2D eigenvalue weighted by Crippen LogP contribution is -2.41. The van der Waals surface area contributed by atoms with Gasteiger partial charge in [-0.05, 0) is 12.3 Å². The van der Waals surface area contributed by atoms with E-state index in [9.17, 15) is 9.59 Å². The minimum absolute atomic E-state index is 0.0846. The maximum atomic E-state index is 10.6. The predicted octanol–water partition coefficient (Wildman–Crippen LogP) is 0.459. The molecule has 5 nitrogen and oxygen atoms in total.